The summed E-state index contributed by atoms with van der Waals surface area (Å²) in [7, 11) is 1.49. The first-order valence-corrected chi connectivity index (χ1v) is 5.48. The summed E-state index contributed by atoms with van der Waals surface area (Å²) in [5.74, 6) is -0.485. The third kappa shape index (κ3) is 3.53. The van der Waals surface area contributed by atoms with Crippen LogP contribution in [0.3, 0.4) is 0 Å². The standard InChI is InChI=1S/C13H18FNO2/c1-9(10-5-7-11(14)8-6-10)15-12(16)13(2,3)17-4/h5-9H,1-4H3,(H,15,16)/t9-/m1/s1. The van der Waals surface area contributed by atoms with Crippen LogP contribution in [0.5, 0.6) is 0 Å². The highest BCUT2D eigenvalue weighted by Crippen LogP contribution is 2.15. The first-order valence-electron chi connectivity index (χ1n) is 5.48. The molecule has 0 spiro atoms. The molecule has 0 bridgehead atoms. The smallest absolute Gasteiger partial charge is 0.252 e. The Labute approximate surface area is 101 Å². The fourth-order valence-corrected chi connectivity index (χ4v) is 1.30. The van der Waals surface area contributed by atoms with E-state index in [1.165, 1.54) is 19.2 Å². The van der Waals surface area contributed by atoms with Crippen molar-refractivity contribution in [3.8, 4) is 0 Å². The van der Waals surface area contributed by atoms with Crippen molar-refractivity contribution in [1.82, 2.24) is 5.32 Å². The maximum absolute atomic E-state index is 12.7. The van der Waals surface area contributed by atoms with Gasteiger partial charge in [0.1, 0.15) is 11.4 Å². The van der Waals surface area contributed by atoms with Gasteiger partial charge in [0.25, 0.3) is 5.91 Å². The quantitative estimate of drug-likeness (QED) is 0.876. The summed E-state index contributed by atoms with van der Waals surface area (Å²) >= 11 is 0. The van der Waals surface area contributed by atoms with E-state index >= 15 is 0 Å². The highest BCUT2D eigenvalue weighted by molar-refractivity contribution is 5.84. The summed E-state index contributed by atoms with van der Waals surface area (Å²) < 4.78 is 17.8. The van der Waals surface area contributed by atoms with Crippen molar-refractivity contribution in [2.75, 3.05) is 7.11 Å². The Morgan fingerprint density at radius 2 is 1.88 bits per heavy atom. The van der Waals surface area contributed by atoms with E-state index in [0.717, 1.165) is 5.56 Å². The second kappa shape index (κ2) is 5.27. The second-order valence-electron chi connectivity index (χ2n) is 4.46. The first-order chi connectivity index (χ1) is 7.86. The second-order valence-corrected chi connectivity index (χ2v) is 4.46. The third-order valence-corrected chi connectivity index (χ3v) is 2.77. The summed E-state index contributed by atoms with van der Waals surface area (Å²) in [5, 5.41) is 2.82. The van der Waals surface area contributed by atoms with Gasteiger partial charge in [-0.05, 0) is 38.5 Å². The zero-order chi connectivity index (χ0) is 13.1. The minimum Gasteiger partial charge on any atom is -0.369 e. The number of ether oxygens (including phenoxy) is 1. The summed E-state index contributed by atoms with van der Waals surface area (Å²) in [4.78, 5) is 11.8. The van der Waals surface area contributed by atoms with E-state index in [1.54, 1.807) is 26.0 Å². The summed E-state index contributed by atoms with van der Waals surface area (Å²) in [6, 6.07) is 5.87. The number of amides is 1. The molecule has 94 valence electrons. The molecule has 4 heteroatoms. The minimum absolute atomic E-state index is 0.183. The molecule has 3 nitrogen and oxygen atoms in total. The molecule has 0 aliphatic carbocycles. The zero-order valence-corrected chi connectivity index (χ0v) is 10.6. The van der Waals surface area contributed by atoms with Gasteiger partial charge in [0, 0.05) is 7.11 Å². The lowest BCUT2D eigenvalue weighted by Crippen LogP contribution is -2.44. The molecule has 1 amide bonds. The van der Waals surface area contributed by atoms with E-state index < -0.39 is 5.60 Å². The number of halogens is 1. The van der Waals surface area contributed by atoms with E-state index in [1.807, 2.05) is 6.92 Å². The third-order valence-electron chi connectivity index (χ3n) is 2.77. The van der Waals surface area contributed by atoms with E-state index in [0.29, 0.717) is 0 Å². The van der Waals surface area contributed by atoms with Gasteiger partial charge < -0.3 is 10.1 Å². The molecule has 0 aromatic heterocycles. The molecule has 0 aliphatic heterocycles. The SMILES string of the molecule is COC(C)(C)C(=O)N[C@H](C)c1ccc(F)cc1. The minimum atomic E-state index is -0.867. The molecule has 1 aromatic rings. The van der Waals surface area contributed by atoms with Crippen molar-refractivity contribution in [2.24, 2.45) is 0 Å². The molecule has 17 heavy (non-hydrogen) atoms. The van der Waals surface area contributed by atoms with Gasteiger partial charge in [-0.3, -0.25) is 4.79 Å². The monoisotopic (exact) mass is 239 g/mol. The predicted molar refractivity (Wildman–Crippen MR) is 64.0 cm³/mol. The molecule has 1 atom stereocenters. The molecule has 0 saturated carbocycles. The van der Waals surface area contributed by atoms with Gasteiger partial charge >= 0.3 is 0 Å². The van der Waals surface area contributed by atoms with Crippen LogP contribution in [0.1, 0.15) is 32.4 Å². The van der Waals surface area contributed by atoms with Crippen LogP contribution in [0, 0.1) is 5.82 Å². The van der Waals surface area contributed by atoms with Crippen LogP contribution in [-0.4, -0.2) is 18.6 Å². The first kappa shape index (κ1) is 13.6. The Balaban J connectivity index is 2.70. The summed E-state index contributed by atoms with van der Waals surface area (Å²) in [5.41, 5.74) is -0.0134. The fraction of sp³-hybridized carbons (Fsp3) is 0.462. The number of methoxy groups -OCH3 is 1. The van der Waals surface area contributed by atoms with E-state index in [2.05, 4.69) is 5.32 Å². The van der Waals surface area contributed by atoms with Crippen LogP contribution >= 0.6 is 0 Å². The molecule has 0 fully saturated rings. The van der Waals surface area contributed by atoms with Crippen LogP contribution in [0.4, 0.5) is 4.39 Å². The molecular formula is C13H18FNO2. The normalized spacial score (nSPS) is 13.2. The van der Waals surface area contributed by atoms with Crippen LogP contribution in [0.25, 0.3) is 0 Å². The summed E-state index contributed by atoms with van der Waals surface area (Å²) in [6.07, 6.45) is 0. The number of nitrogens with one attached hydrogen (secondary N) is 1. The van der Waals surface area contributed by atoms with Crippen LogP contribution in [0.2, 0.25) is 0 Å². The van der Waals surface area contributed by atoms with Gasteiger partial charge in [0.05, 0.1) is 6.04 Å². The highest BCUT2D eigenvalue weighted by Gasteiger charge is 2.28. The maximum atomic E-state index is 12.7. The number of hydrogen-bond donors (Lipinski definition) is 1. The fourth-order valence-electron chi connectivity index (χ4n) is 1.30. The molecule has 0 aliphatic rings. The Bertz CT molecular complexity index is 387. The zero-order valence-electron chi connectivity index (χ0n) is 10.6. The van der Waals surface area contributed by atoms with Gasteiger partial charge in [-0.1, -0.05) is 12.1 Å². The molecule has 0 unspecified atom stereocenters. The maximum Gasteiger partial charge on any atom is 0.252 e. The number of hydrogen-bond acceptors (Lipinski definition) is 2. The number of benzene rings is 1. The molecule has 1 rings (SSSR count). The lowest BCUT2D eigenvalue weighted by Gasteiger charge is -2.24. The highest BCUT2D eigenvalue weighted by atomic mass is 19.1. The van der Waals surface area contributed by atoms with Crippen molar-refractivity contribution in [1.29, 1.82) is 0 Å². The largest absolute Gasteiger partial charge is 0.369 e. The average Bonchev–Trinajstić information content (AvgIpc) is 2.29. The lowest BCUT2D eigenvalue weighted by atomic mass is 10.1. The Morgan fingerprint density at radius 3 is 2.35 bits per heavy atom. The molecular weight excluding hydrogens is 221 g/mol. The van der Waals surface area contributed by atoms with Crippen LogP contribution in [-0.2, 0) is 9.53 Å². The molecule has 0 heterocycles. The van der Waals surface area contributed by atoms with Gasteiger partial charge in [-0.2, -0.15) is 0 Å². The van der Waals surface area contributed by atoms with E-state index in [-0.39, 0.29) is 17.8 Å². The predicted octanol–water partition coefficient (Wildman–Crippen LogP) is 2.43. The van der Waals surface area contributed by atoms with Crippen molar-refractivity contribution in [3.05, 3.63) is 35.6 Å². The molecule has 1 N–H and O–H groups in total. The van der Waals surface area contributed by atoms with Gasteiger partial charge in [-0.15, -0.1) is 0 Å². The van der Waals surface area contributed by atoms with Crippen molar-refractivity contribution in [3.63, 3.8) is 0 Å². The molecule has 0 radical (unpaired) electrons. The van der Waals surface area contributed by atoms with E-state index in [4.69, 9.17) is 4.74 Å². The number of carbonyl (C=O) groups is 1. The van der Waals surface area contributed by atoms with Crippen molar-refractivity contribution in [2.45, 2.75) is 32.4 Å². The Hall–Kier alpha value is -1.42. The molecule has 0 saturated heterocycles. The van der Waals surface area contributed by atoms with Gasteiger partial charge in [0.2, 0.25) is 0 Å². The van der Waals surface area contributed by atoms with Crippen molar-refractivity contribution >= 4 is 5.91 Å². The van der Waals surface area contributed by atoms with Crippen LogP contribution < -0.4 is 5.32 Å². The average molecular weight is 239 g/mol. The Kier molecular flexibility index (Phi) is 4.23. The van der Waals surface area contributed by atoms with Crippen LogP contribution in [0.15, 0.2) is 24.3 Å². The molecule has 1 aromatic carbocycles. The van der Waals surface area contributed by atoms with Crippen molar-refractivity contribution < 1.29 is 13.9 Å². The topological polar surface area (TPSA) is 38.3 Å². The summed E-state index contributed by atoms with van der Waals surface area (Å²) in [6.45, 7) is 5.23. The lowest BCUT2D eigenvalue weighted by molar-refractivity contribution is -0.140. The van der Waals surface area contributed by atoms with E-state index in [9.17, 15) is 9.18 Å². The number of carbonyl (C=O) groups excluding carboxylic acids is 1. The Morgan fingerprint density at radius 1 is 1.35 bits per heavy atom. The van der Waals surface area contributed by atoms with Gasteiger partial charge in [0.15, 0.2) is 0 Å². The number of rotatable bonds is 4. The van der Waals surface area contributed by atoms with Gasteiger partial charge in [-0.25, -0.2) is 4.39 Å².